The molecule has 0 fully saturated rings. The molecule has 2 aromatic heterocycles. The summed E-state index contributed by atoms with van der Waals surface area (Å²) in [6, 6.07) is 2.42. The lowest BCUT2D eigenvalue weighted by Crippen LogP contribution is -2.38. The van der Waals surface area contributed by atoms with Gasteiger partial charge in [0, 0.05) is 19.3 Å². The number of halogens is 1. The van der Waals surface area contributed by atoms with Gasteiger partial charge in [-0.05, 0) is 12.1 Å². The van der Waals surface area contributed by atoms with Gasteiger partial charge in [0.1, 0.15) is 12.2 Å². The molecule has 0 saturated carbocycles. The van der Waals surface area contributed by atoms with Crippen molar-refractivity contribution in [3.63, 3.8) is 0 Å². The van der Waals surface area contributed by atoms with Crippen LogP contribution in [0, 0.1) is 5.82 Å². The van der Waals surface area contributed by atoms with E-state index in [9.17, 15) is 12.8 Å². The van der Waals surface area contributed by atoms with Crippen LogP contribution < -0.4 is 0 Å². The second-order valence-electron chi connectivity index (χ2n) is 4.07. The summed E-state index contributed by atoms with van der Waals surface area (Å²) in [5.41, 5.74) is 0. The van der Waals surface area contributed by atoms with Crippen molar-refractivity contribution >= 4 is 10.0 Å². The van der Waals surface area contributed by atoms with Gasteiger partial charge in [-0.15, -0.1) is 10.2 Å². The summed E-state index contributed by atoms with van der Waals surface area (Å²) in [7, 11) is -3.95. The topological polar surface area (TPSA) is 81.0 Å². The molecule has 0 aliphatic carbocycles. The van der Waals surface area contributed by atoms with E-state index in [0.717, 1.165) is 10.4 Å². The normalized spacial score (nSPS) is 16.3. The molecule has 0 radical (unpaired) electrons. The van der Waals surface area contributed by atoms with Gasteiger partial charge in [0.15, 0.2) is 5.82 Å². The van der Waals surface area contributed by atoms with E-state index in [4.69, 9.17) is 0 Å². The molecule has 0 amide bonds. The van der Waals surface area contributed by atoms with Gasteiger partial charge in [0.2, 0.25) is 5.03 Å². The highest BCUT2D eigenvalue weighted by Crippen LogP contribution is 2.20. The number of aromatic nitrogens is 4. The summed E-state index contributed by atoms with van der Waals surface area (Å²) in [5, 5.41) is 6.99. The zero-order chi connectivity index (χ0) is 13.5. The molecular formula is C10H10FN5O2S. The SMILES string of the molecule is O=S(=O)(c1ncccc1F)N1CCn2cnnc2C1. The molecule has 0 saturated heterocycles. The van der Waals surface area contributed by atoms with Crippen LogP contribution in [0.15, 0.2) is 29.7 Å². The first-order valence-electron chi connectivity index (χ1n) is 5.56. The van der Waals surface area contributed by atoms with Crippen LogP contribution in [-0.2, 0) is 23.1 Å². The largest absolute Gasteiger partial charge is 0.315 e. The molecule has 0 N–H and O–H groups in total. The van der Waals surface area contributed by atoms with Gasteiger partial charge in [-0.1, -0.05) is 0 Å². The van der Waals surface area contributed by atoms with Crippen LogP contribution in [0.1, 0.15) is 5.82 Å². The molecule has 100 valence electrons. The van der Waals surface area contributed by atoms with Crippen molar-refractivity contribution in [3.8, 4) is 0 Å². The van der Waals surface area contributed by atoms with Gasteiger partial charge in [0.25, 0.3) is 10.0 Å². The first-order chi connectivity index (χ1) is 9.09. The monoisotopic (exact) mass is 283 g/mol. The van der Waals surface area contributed by atoms with Crippen LogP contribution in [0.5, 0.6) is 0 Å². The number of nitrogens with zero attached hydrogens (tertiary/aromatic N) is 5. The van der Waals surface area contributed by atoms with Gasteiger partial charge < -0.3 is 4.57 Å². The molecule has 3 heterocycles. The van der Waals surface area contributed by atoms with Crippen LogP contribution >= 0.6 is 0 Å². The molecule has 1 aliphatic heterocycles. The Kier molecular flexibility index (Phi) is 2.79. The average Bonchev–Trinajstić information content (AvgIpc) is 2.86. The van der Waals surface area contributed by atoms with Crippen LogP contribution in [0.4, 0.5) is 4.39 Å². The maximum atomic E-state index is 13.6. The van der Waals surface area contributed by atoms with Crippen molar-refractivity contribution in [2.45, 2.75) is 18.1 Å². The molecule has 1 aliphatic rings. The van der Waals surface area contributed by atoms with E-state index in [0.29, 0.717) is 12.4 Å². The zero-order valence-electron chi connectivity index (χ0n) is 9.77. The van der Waals surface area contributed by atoms with Crippen LogP contribution in [0.25, 0.3) is 0 Å². The lowest BCUT2D eigenvalue weighted by Gasteiger charge is -2.25. The third kappa shape index (κ3) is 2.00. The second-order valence-corrected chi connectivity index (χ2v) is 5.92. The third-order valence-corrected chi connectivity index (χ3v) is 4.69. The lowest BCUT2D eigenvalue weighted by molar-refractivity contribution is 0.332. The highest BCUT2D eigenvalue weighted by Gasteiger charge is 2.32. The van der Waals surface area contributed by atoms with Crippen molar-refractivity contribution < 1.29 is 12.8 Å². The summed E-state index contributed by atoms with van der Waals surface area (Å²) in [4.78, 5) is 3.62. The molecular weight excluding hydrogens is 273 g/mol. The third-order valence-electron chi connectivity index (χ3n) is 2.91. The number of fused-ring (bicyclic) bond motifs is 1. The van der Waals surface area contributed by atoms with Crippen LogP contribution in [0.3, 0.4) is 0 Å². The maximum absolute atomic E-state index is 13.6. The highest BCUT2D eigenvalue weighted by molar-refractivity contribution is 7.89. The molecule has 19 heavy (non-hydrogen) atoms. The number of hydrogen-bond acceptors (Lipinski definition) is 5. The fourth-order valence-electron chi connectivity index (χ4n) is 1.93. The summed E-state index contributed by atoms with van der Waals surface area (Å²) < 4.78 is 41.1. The predicted molar refractivity (Wildman–Crippen MR) is 61.8 cm³/mol. The quantitative estimate of drug-likeness (QED) is 0.776. The minimum atomic E-state index is -3.95. The number of rotatable bonds is 2. The Morgan fingerprint density at radius 1 is 1.32 bits per heavy atom. The van der Waals surface area contributed by atoms with Crippen LogP contribution in [-0.4, -0.2) is 39.0 Å². The van der Waals surface area contributed by atoms with Crippen molar-refractivity contribution in [1.82, 2.24) is 24.1 Å². The average molecular weight is 283 g/mol. The van der Waals surface area contributed by atoms with Crippen molar-refractivity contribution in [2.75, 3.05) is 6.54 Å². The van der Waals surface area contributed by atoms with Gasteiger partial charge >= 0.3 is 0 Å². The maximum Gasteiger partial charge on any atom is 0.264 e. The molecule has 0 unspecified atom stereocenters. The molecule has 0 spiro atoms. The Bertz CT molecular complexity index is 714. The number of sulfonamides is 1. The van der Waals surface area contributed by atoms with E-state index in [-0.39, 0.29) is 13.1 Å². The van der Waals surface area contributed by atoms with Gasteiger partial charge in [0.05, 0.1) is 6.54 Å². The minimum absolute atomic E-state index is 0.0678. The van der Waals surface area contributed by atoms with Crippen LogP contribution in [0.2, 0.25) is 0 Å². The van der Waals surface area contributed by atoms with E-state index < -0.39 is 20.9 Å². The molecule has 2 aromatic rings. The number of hydrogen-bond donors (Lipinski definition) is 0. The van der Waals surface area contributed by atoms with E-state index in [2.05, 4.69) is 15.2 Å². The standard InChI is InChI=1S/C10H10FN5O2S/c11-8-2-1-3-12-10(8)19(17,18)16-5-4-15-7-13-14-9(15)6-16/h1-3,7H,4-6H2. The lowest BCUT2D eigenvalue weighted by atomic mass is 10.4. The first-order valence-corrected chi connectivity index (χ1v) is 7.00. The summed E-state index contributed by atoms with van der Waals surface area (Å²) in [5.74, 6) is -0.319. The van der Waals surface area contributed by atoms with E-state index in [1.165, 1.54) is 12.3 Å². The molecule has 0 atom stereocenters. The second kappa shape index (κ2) is 4.35. The van der Waals surface area contributed by atoms with Gasteiger partial charge in [-0.3, -0.25) is 0 Å². The summed E-state index contributed by atoms with van der Waals surface area (Å²) in [6.45, 7) is 0.748. The number of pyridine rings is 1. The fraction of sp³-hybridized carbons (Fsp3) is 0.300. The van der Waals surface area contributed by atoms with E-state index in [1.807, 2.05) is 0 Å². The van der Waals surface area contributed by atoms with Crippen molar-refractivity contribution in [2.24, 2.45) is 0 Å². The molecule has 0 bridgehead atoms. The van der Waals surface area contributed by atoms with E-state index >= 15 is 0 Å². The Morgan fingerprint density at radius 3 is 2.95 bits per heavy atom. The molecule has 0 aromatic carbocycles. The van der Waals surface area contributed by atoms with Gasteiger partial charge in [-0.2, -0.15) is 4.31 Å². The Hall–Kier alpha value is -1.87. The predicted octanol–water partition coefficient (Wildman–Crippen LogP) is 0.0167. The van der Waals surface area contributed by atoms with Gasteiger partial charge in [-0.25, -0.2) is 17.8 Å². The summed E-state index contributed by atoms with van der Waals surface area (Å²) >= 11 is 0. The summed E-state index contributed by atoms with van der Waals surface area (Å²) in [6.07, 6.45) is 2.79. The molecule has 3 rings (SSSR count). The smallest absolute Gasteiger partial charge is 0.264 e. The minimum Gasteiger partial charge on any atom is -0.315 e. The first kappa shape index (κ1) is 12.2. The fourth-order valence-corrected chi connectivity index (χ4v) is 3.29. The van der Waals surface area contributed by atoms with E-state index in [1.54, 1.807) is 10.9 Å². The Labute approximate surface area is 108 Å². The highest BCUT2D eigenvalue weighted by atomic mass is 32.2. The van der Waals surface area contributed by atoms with Crippen molar-refractivity contribution in [1.29, 1.82) is 0 Å². The Morgan fingerprint density at radius 2 is 2.16 bits per heavy atom. The zero-order valence-corrected chi connectivity index (χ0v) is 10.6. The molecule has 7 nitrogen and oxygen atoms in total. The Balaban J connectivity index is 1.97. The molecule has 9 heteroatoms. The van der Waals surface area contributed by atoms with Crippen molar-refractivity contribution in [3.05, 3.63) is 36.3 Å².